The normalized spacial score (nSPS) is 16.6. The number of carbonyl (C=O) groups is 2. The average Bonchev–Trinajstić information content (AvgIpc) is 3.09. The zero-order valence-corrected chi connectivity index (χ0v) is 20.2. The van der Waals surface area contributed by atoms with Gasteiger partial charge in [0.05, 0.1) is 5.69 Å². The van der Waals surface area contributed by atoms with Gasteiger partial charge in [-0.1, -0.05) is 54.2 Å². The molecule has 0 radical (unpaired) electrons. The van der Waals surface area contributed by atoms with Crippen LogP contribution in [0.3, 0.4) is 0 Å². The van der Waals surface area contributed by atoms with E-state index in [0.717, 1.165) is 29.1 Å². The number of amides is 2. The van der Waals surface area contributed by atoms with Crippen LogP contribution in [0, 0.1) is 13.8 Å². The van der Waals surface area contributed by atoms with Crippen LogP contribution in [0.15, 0.2) is 94.4 Å². The first-order valence-corrected chi connectivity index (χ1v) is 12.3. The maximum absolute atomic E-state index is 13.8. The molecule has 0 saturated carbocycles. The van der Waals surface area contributed by atoms with Crippen LogP contribution >= 0.6 is 11.8 Å². The van der Waals surface area contributed by atoms with Crippen molar-refractivity contribution in [3.63, 3.8) is 0 Å². The molecule has 0 spiro atoms. The largest absolute Gasteiger partial charge is 0.368 e. The Kier molecular flexibility index (Phi) is 6.16. The highest BCUT2D eigenvalue weighted by Crippen LogP contribution is 2.39. The van der Waals surface area contributed by atoms with E-state index < -0.39 is 0 Å². The maximum Gasteiger partial charge on any atom is 0.283 e. The smallest absolute Gasteiger partial charge is 0.283 e. The highest BCUT2D eigenvalue weighted by molar-refractivity contribution is 8.04. The molecule has 34 heavy (non-hydrogen) atoms. The van der Waals surface area contributed by atoms with Gasteiger partial charge in [-0.2, -0.15) is 0 Å². The third kappa shape index (κ3) is 4.33. The van der Waals surface area contributed by atoms with Crippen LogP contribution in [0.1, 0.15) is 11.1 Å². The molecule has 5 rings (SSSR count). The van der Waals surface area contributed by atoms with Crippen LogP contribution in [-0.4, -0.2) is 42.9 Å². The second-order valence-corrected chi connectivity index (χ2v) is 9.78. The van der Waals surface area contributed by atoms with Gasteiger partial charge in [-0.15, -0.1) is 0 Å². The van der Waals surface area contributed by atoms with Crippen molar-refractivity contribution in [1.82, 2.24) is 4.90 Å². The number of hydrogen-bond acceptors (Lipinski definition) is 5. The summed E-state index contributed by atoms with van der Waals surface area (Å²) in [5.74, 6) is -0.481. The summed E-state index contributed by atoms with van der Waals surface area (Å²) in [7, 11) is 0. The minimum absolute atomic E-state index is 0.235. The van der Waals surface area contributed by atoms with Crippen molar-refractivity contribution in [2.24, 2.45) is 0 Å². The third-order valence-corrected chi connectivity index (χ3v) is 7.24. The molecule has 3 aromatic rings. The van der Waals surface area contributed by atoms with Crippen LogP contribution in [0.25, 0.3) is 0 Å². The summed E-state index contributed by atoms with van der Waals surface area (Å²) in [6, 6.07) is 26.0. The van der Waals surface area contributed by atoms with E-state index in [2.05, 4.69) is 21.9 Å². The lowest BCUT2D eigenvalue weighted by atomic mass is 10.1. The van der Waals surface area contributed by atoms with E-state index in [-0.39, 0.29) is 11.8 Å². The summed E-state index contributed by atoms with van der Waals surface area (Å²) in [6.45, 7) is 6.92. The van der Waals surface area contributed by atoms with E-state index in [1.54, 1.807) is 0 Å². The Morgan fingerprint density at radius 1 is 0.647 bits per heavy atom. The molecule has 0 aliphatic carbocycles. The number of carbonyl (C=O) groups excluding carboxylic acids is 2. The topological polar surface area (TPSA) is 43.9 Å². The second-order valence-electron chi connectivity index (χ2n) is 8.69. The fourth-order valence-corrected chi connectivity index (χ4v) is 5.64. The number of para-hydroxylation sites is 1. The number of anilines is 2. The molecule has 0 bridgehead atoms. The standard InChI is InChI=1S/C28H27N3O2S/c1-20-17-21(2)19-23(18-20)31-27(32)25(26(28(31)33)34-24-11-7-4-8-12-24)30-15-13-29(14-16-30)22-9-5-3-6-10-22/h3-12,17-19H,13-16H2,1-2H3. The average molecular weight is 470 g/mol. The van der Waals surface area contributed by atoms with E-state index in [1.165, 1.54) is 22.3 Å². The Bertz CT molecular complexity index is 1230. The van der Waals surface area contributed by atoms with Crippen molar-refractivity contribution >= 4 is 35.0 Å². The molecule has 0 aromatic heterocycles. The predicted octanol–water partition coefficient (Wildman–Crippen LogP) is 5.00. The summed E-state index contributed by atoms with van der Waals surface area (Å²) in [6.07, 6.45) is 0. The molecule has 2 heterocycles. The molecule has 0 unspecified atom stereocenters. The molecule has 2 aliphatic heterocycles. The van der Waals surface area contributed by atoms with E-state index in [1.807, 2.05) is 80.6 Å². The van der Waals surface area contributed by atoms with Crippen molar-refractivity contribution in [2.45, 2.75) is 18.7 Å². The molecule has 172 valence electrons. The van der Waals surface area contributed by atoms with Crippen molar-refractivity contribution in [1.29, 1.82) is 0 Å². The summed E-state index contributed by atoms with van der Waals surface area (Å²) in [5.41, 5.74) is 4.39. The lowest BCUT2D eigenvalue weighted by Crippen LogP contribution is -2.47. The third-order valence-electron chi connectivity index (χ3n) is 6.16. The summed E-state index contributed by atoms with van der Waals surface area (Å²) < 4.78 is 0. The number of imide groups is 1. The summed E-state index contributed by atoms with van der Waals surface area (Å²) in [4.78, 5) is 34.7. The fraction of sp³-hybridized carbons (Fsp3) is 0.214. The van der Waals surface area contributed by atoms with Crippen LogP contribution in [0.2, 0.25) is 0 Å². The van der Waals surface area contributed by atoms with E-state index in [9.17, 15) is 9.59 Å². The van der Waals surface area contributed by atoms with Gasteiger partial charge in [0.15, 0.2) is 0 Å². The second kappa shape index (κ2) is 9.39. The molecule has 1 saturated heterocycles. The zero-order valence-electron chi connectivity index (χ0n) is 19.4. The highest BCUT2D eigenvalue weighted by Gasteiger charge is 2.43. The number of aryl methyl sites for hydroxylation is 2. The predicted molar refractivity (Wildman–Crippen MR) is 138 cm³/mol. The number of hydrogen-bond donors (Lipinski definition) is 0. The van der Waals surface area contributed by atoms with Gasteiger partial charge in [-0.25, -0.2) is 4.90 Å². The molecular weight excluding hydrogens is 442 g/mol. The maximum atomic E-state index is 13.8. The number of piperazine rings is 1. The molecule has 1 fully saturated rings. The highest BCUT2D eigenvalue weighted by atomic mass is 32.2. The van der Waals surface area contributed by atoms with Gasteiger partial charge in [0.2, 0.25) is 0 Å². The minimum Gasteiger partial charge on any atom is -0.368 e. The van der Waals surface area contributed by atoms with E-state index in [4.69, 9.17) is 0 Å². The lowest BCUT2D eigenvalue weighted by Gasteiger charge is -2.37. The number of rotatable bonds is 5. The molecular formula is C28H27N3O2S. The van der Waals surface area contributed by atoms with Crippen molar-refractivity contribution in [2.75, 3.05) is 36.0 Å². The van der Waals surface area contributed by atoms with Crippen molar-refractivity contribution < 1.29 is 9.59 Å². The first kappa shape index (κ1) is 22.3. The first-order chi connectivity index (χ1) is 16.5. The van der Waals surface area contributed by atoms with Crippen molar-refractivity contribution in [3.8, 4) is 0 Å². The number of benzene rings is 3. The number of thioether (sulfide) groups is 1. The van der Waals surface area contributed by atoms with Gasteiger partial charge >= 0.3 is 0 Å². The molecule has 2 aliphatic rings. The molecule has 5 nitrogen and oxygen atoms in total. The Labute approximate surface area is 204 Å². The van der Waals surface area contributed by atoms with Gasteiger partial charge in [0.25, 0.3) is 11.8 Å². The monoisotopic (exact) mass is 469 g/mol. The van der Waals surface area contributed by atoms with Crippen LogP contribution < -0.4 is 9.80 Å². The molecule has 6 heteroatoms. The number of nitrogens with zero attached hydrogens (tertiary/aromatic N) is 3. The molecule has 0 N–H and O–H groups in total. The van der Waals surface area contributed by atoms with Gasteiger partial charge in [-0.05, 0) is 61.4 Å². The Hall–Kier alpha value is -3.51. The Balaban J connectivity index is 1.47. The van der Waals surface area contributed by atoms with Gasteiger partial charge < -0.3 is 9.80 Å². The summed E-state index contributed by atoms with van der Waals surface area (Å²) in [5, 5.41) is 0. The van der Waals surface area contributed by atoms with Gasteiger partial charge in [-0.3, -0.25) is 9.59 Å². The lowest BCUT2D eigenvalue weighted by molar-refractivity contribution is -0.121. The molecule has 2 amide bonds. The zero-order chi connectivity index (χ0) is 23.7. The van der Waals surface area contributed by atoms with Gasteiger partial charge in [0, 0.05) is 36.8 Å². The van der Waals surface area contributed by atoms with Crippen molar-refractivity contribution in [3.05, 3.63) is 101 Å². The molecule has 0 atom stereocenters. The van der Waals surface area contributed by atoms with Crippen LogP contribution in [-0.2, 0) is 9.59 Å². The van der Waals surface area contributed by atoms with Gasteiger partial charge in [0.1, 0.15) is 10.6 Å². The Morgan fingerprint density at radius 2 is 1.21 bits per heavy atom. The molecule has 3 aromatic carbocycles. The van der Waals surface area contributed by atoms with E-state index >= 15 is 0 Å². The minimum atomic E-state index is -0.246. The Morgan fingerprint density at radius 3 is 1.82 bits per heavy atom. The SMILES string of the molecule is Cc1cc(C)cc(N2C(=O)C(Sc3ccccc3)=C(N3CCN(c4ccccc4)CC3)C2=O)c1. The van der Waals surface area contributed by atoms with Crippen LogP contribution in [0.4, 0.5) is 11.4 Å². The summed E-state index contributed by atoms with van der Waals surface area (Å²) >= 11 is 1.38. The quantitative estimate of drug-likeness (QED) is 0.492. The first-order valence-electron chi connectivity index (χ1n) is 11.5. The van der Waals surface area contributed by atoms with Crippen LogP contribution in [0.5, 0.6) is 0 Å². The fourth-order valence-electron chi connectivity index (χ4n) is 4.62. The van der Waals surface area contributed by atoms with E-state index in [0.29, 0.717) is 29.4 Å².